The summed E-state index contributed by atoms with van der Waals surface area (Å²) in [5, 5.41) is 19.9. The van der Waals surface area contributed by atoms with Gasteiger partial charge in [-0.15, -0.1) is 5.10 Å². The number of para-hydroxylation sites is 1. The highest BCUT2D eigenvalue weighted by Gasteiger charge is 2.28. The van der Waals surface area contributed by atoms with Crippen molar-refractivity contribution in [2.75, 3.05) is 38.2 Å². The minimum atomic E-state index is -0.534. The number of nitrogens with zero attached hydrogens (tertiary/aromatic N) is 8. The molecule has 0 aliphatic carbocycles. The fourth-order valence-corrected chi connectivity index (χ4v) is 3.97. The molecule has 172 valence electrons. The molecule has 34 heavy (non-hydrogen) atoms. The van der Waals surface area contributed by atoms with Gasteiger partial charge in [-0.25, -0.2) is 9.97 Å². The van der Waals surface area contributed by atoms with E-state index in [1.165, 1.54) is 18.5 Å². The molecule has 0 radical (unpaired) electrons. The van der Waals surface area contributed by atoms with Gasteiger partial charge in [0.05, 0.1) is 17.7 Å². The molecule has 5 rings (SSSR count). The normalized spacial score (nSPS) is 13.8. The maximum absolute atomic E-state index is 12.9. The van der Waals surface area contributed by atoms with E-state index in [9.17, 15) is 14.9 Å². The van der Waals surface area contributed by atoms with Gasteiger partial charge in [-0.05, 0) is 30.3 Å². The maximum atomic E-state index is 12.9. The van der Waals surface area contributed by atoms with Gasteiger partial charge < -0.3 is 14.5 Å². The van der Waals surface area contributed by atoms with Gasteiger partial charge in [-0.1, -0.05) is 17.3 Å². The van der Waals surface area contributed by atoms with Crippen molar-refractivity contribution in [3.63, 3.8) is 0 Å². The summed E-state index contributed by atoms with van der Waals surface area (Å²) in [6.07, 6.45) is 1.46. The third kappa shape index (κ3) is 3.74. The molecular formula is C22H20N8O4. The fraction of sp³-hybridized carbons (Fsp3) is 0.227. The van der Waals surface area contributed by atoms with E-state index in [2.05, 4.69) is 20.3 Å². The molecule has 0 spiro atoms. The van der Waals surface area contributed by atoms with E-state index in [0.717, 1.165) is 11.4 Å². The Kier molecular flexibility index (Phi) is 5.46. The molecule has 1 aliphatic heterocycles. The zero-order chi connectivity index (χ0) is 23.7. The average Bonchev–Trinajstić information content (AvgIpc) is 3.33. The molecule has 0 saturated carbocycles. The van der Waals surface area contributed by atoms with Crippen LogP contribution in [0.2, 0.25) is 0 Å². The summed E-state index contributed by atoms with van der Waals surface area (Å²) < 4.78 is 6.84. The van der Waals surface area contributed by atoms with Crippen molar-refractivity contribution >= 4 is 28.6 Å². The number of hydrogen-bond donors (Lipinski definition) is 0. The van der Waals surface area contributed by atoms with Gasteiger partial charge >= 0.3 is 0 Å². The first-order valence-corrected chi connectivity index (χ1v) is 10.6. The monoisotopic (exact) mass is 460 g/mol. The molecule has 0 atom stereocenters. The van der Waals surface area contributed by atoms with Crippen molar-refractivity contribution in [2.45, 2.75) is 0 Å². The number of carbonyl (C=O) groups is 1. The lowest BCUT2D eigenvalue weighted by atomic mass is 10.1. The molecule has 12 nitrogen and oxygen atoms in total. The minimum Gasteiger partial charge on any atom is -0.497 e. The van der Waals surface area contributed by atoms with Gasteiger partial charge in [0, 0.05) is 32.2 Å². The Morgan fingerprint density at radius 3 is 2.47 bits per heavy atom. The van der Waals surface area contributed by atoms with E-state index in [4.69, 9.17) is 4.74 Å². The summed E-state index contributed by atoms with van der Waals surface area (Å²) in [5.74, 6) is 1.00. The second kappa shape index (κ2) is 8.73. The molecule has 0 unspecified atom stereocenters. The molecule has 1 fully saturated rings. The first-order chi connectivity index (χ1) is 16.6. The SMILES string of the molecule is COc1ccc(-n2nnc3c(N4CCN(C(=O)c5ccccc5[N+](=O)[O-])CC4)ncnc32)cc1. The second-order valence-corrected chi connectivity index (χ2v) is 7.62. The molecule has 1 aliphatic rings. The zero-order valence-corrected chi connectivity index (χ0v) is 18.2. The minimum absolute atomic E-state index is 0.0906. The van der Waals surface area contributed by atoms with Crippen LogP contribution in [-0.4, -0.2) is 74.0 Å². The molecular weight excluding hydrogens is 440 g/mol. The third-order valence-corrected chi connectivity index (χ3v) is 5.73. The van der Waals surface area contributed by atoms with E-state index in [0.29, 0.717) is 43.2 Å². The molecule has 4 aromatic rings. The van der Waals surface area contributed by atoms with Crippen molar-refractivity contribution in [3.8, 4) is 11.4 Å². The Labute approximate surface area is 193 Å². The standard InChI is InChI=1S/C22H20N8O4/c1-34-16-8-6-15(7-9-16)29-21-19(25-26-29)20(23-14-24-21)27-10-12-28(13-11-27)22(31)17-4-2-3-5-18(17)30(32)33/h2-9,14H,10-13H2,1H3. The van der Waals surface area contributed by atoms with E-state index in [1.807, 2.05) is 29.2 Å². The summed E-state index contributed by atoms with van der Waals surface area (Å²) >= 11 is 0. The van der Waals surface area contributed by atoms with Crippen LogP contribution in [0.5, 0.6) is 5.75 Å². The maximum Gasteiger partial charge on any atom is 0.282 e. The van der Waals surface area contributed by atoms with Crippen LogP contribution in [0, 0.1) is 10.1 Å². The topological polar surface area (TPSA) is 132 Å². The summed E-state index contributed by atoms with van der Waals surface area (Å²) in [6.45, 7) is 1.77. The number of rotatable bonds is 5. The number of methoxy groups -OCH3 is 1. The van der Waals surface area contributed by atoms with Gasteiger partial charge in [-0.3, -0.25) is 14.9 Å². The van der Waals surface area contributed by atoms with E-state index < -0.39 is 4.92 Å². The predicted octanol–water partition coefficient (Wildman–Crippen LogP) is 2.09. The Bertz CT molecular complexity index is 1360. The number of aromatic nitrogens is 5. The van der Waals surface area contributed by atoms with E-state index >= 15 is 0 Å². The molecule has 1 amide bonds. The van der Waals surface area contributed by atoms with Crippen molar-refractivity contribution in [1.29, 1.82) is 0 Å². The van der Waals surface area contributed by atoms with Crippen LogP contribution in [0.4, 0.5) is 11.5 Å². The lowest BCUT2D eigenvalue weighted by Gasteiger charge is -2.35. The second-order valence-electron chi connectivity index (χ2n) is 7.62. The van der Waals surface area contributed by atoms with Gasteiger partial charge in [0.15, 0.2) is 17.0 Å². The summed E-state index contributed by atoms with van der Waals surface area (Å²) in [4.78, 5) is 36.1. The van der Waals surface area contributed by atoms with Crippen LogP contribution in [0.3, 0.4) is 0 Å². The Hall–Kier alpha value is -4.61. The number of piperazine rings is 1. The lowest BCUT2D eigenvalue weighted by molar-refractivity contribution is -0.385. The van der Waals surface area contributed by atoms with Crippen LogP contribution in [0.15, 0.2) is 54.9 Å². The van der Waals surface area contributed by atoms with Crippen LogP contribution in [0.25, 0.3) is 16.9 Å². The highest BCUT2D eigenvalue weighted by atomic mass is 16.6. The van der Waals surface area contributed by atoms with E-state index in [1.54, 1.807) is 28.8 Å². The third-order valence-electron chi connectivity index (χ3n) is 5.73. The number of carbonyl (C=O) groups excluding carboxylic acids is 1. The summed E-state index contributed by atoms with van der Waals surface area (Å²) in [6, 6.07) is 13.4. The number of ether oxygens (including phenoxy) is 1. The summed E-state index contributed by atoms with van der Waals surface area (Å²) in [5.41, 5.74) is 1.80. The number of hydrogen-bond acceptors (Lipinski definition) is 9. The van der Waals surface area contributed by atoms with Crippen LogP contribution < -0.4 is 9.64 Å². The molecule has 3 heterocycles. The van der Waals surface area contributed by atoms with Gasteiger partial charge in [0.1, 0.15) is 17.6 Å². The number of nitro groups is 1. The first kappa shape index (κ1) is 21.2. The number of benzene rings is 2. The predicted molar refractivity (Wildman–Crippen MR) is 122 cm³/mol. The molecule has 1 saturated heterocycles. The largest absolute Gasteiger partial charge is 0.497 e. The highest BCUT2D eigenvalue weighted by Crippen LogP contribution is 2.25. The van der Waals surface area contributed by atoms with Crippen molar-refractivity contribution in [1.82, 2.24) is 29.9 Å². The Morgan fingerprint density at radius 2 is 1.76 bits per heavy atom. The van der Waals surface area contributed by atoms with Gasteiger partial charge in [0.25, 0.3) is 11.6 Å². The number of anilines is 1. The number of nitro benzene ring substituents is 1. The summed E-state index contributed by atoms with van der Waals surface area (Å²) in [7, 11) is 1.60. The zero-order valence-electron chi connectivity index (χ0n) is 18.2. The molecule has 2 aromatic heterocycles. The van der Waals surface area contributed by atoms with E-state index in [-0.39, 0.29) is 17.2 Å². The van der Waals surface area contributed by atoms with Crippen molar-refractivity contribution in [2.24, 2.45) is 0 Å². The van der Waals surface area contributed by atoms with Gasteiger partial charge in [-0.2, -0.15) is 4.68 Å². The first-order valence-electron chi connectivity index (χ1n) is 10.6. The Balaban J connectivity index is 1.36. The fourth-order valence-electron chi connectivity index (χ4n) is 3.97. The lowest BCUT2D eigenvalue weighted by Crippen LogP contribution is -2.49. The van der Waals surface area contributed by atoms with Crippen molar-refractivity contribution in [3.05, 3.63) is 70.5 Å². The highest BCUT2D eigenvalue weighted by molar-refractivity contribution is 5.98. The van der Waals surface area contributed by atoms with Crippen LogP contribution in [-0.2, 0) is 0 Å². The van der Waals surface area contributed by atoms with Crippen LogP contribution >= 0.6 is 0 Å². The Morgan fingerprint density at radius 1 is 1.03 bits per heavy atom. The van der Waals surface area contributed by atoms with Gasteiger partial charge in [0.2, 0.25) is 0 Å². The molecule has 2 aromatic carbocycles. The molecule has 12 heteroatoms. The smallest absolute Gasteiger partial charge is 0.282 e. The van der Waals surface area contributed by atoms with Crippen molar-refractivity contribution < 1.29 is 14.5 Å². The number of amides is 1. The average molecular weight is 460 g/mol. The number of fused-ring (bicyclic) bond motifs is 1. The molecule has 0 N–H and O–H groups in total. The molecule has 0 bridgehead atoms. The van der Waals surface area contributed by atoms with Crippen LogP contribution in [0.1, 0.15) is 10.4 Å². The quantitative estimate of drug-likeness (QED) is 0.324.